The summed E-state index contributed by atoms with van der Waals surface area (Å²) in [6.45, 7) is 4.52. The summed E-state index contributed by atoms with van der Waals surface area (Å²) in [5.74, 6) is -0.673. The molecule has 1 aromatic rings. The molecule has 3 aliphatic rings. The first-order valence-corrected chi connectivity index (χ1v) is 9.41. The molecule has 1 aliphatic carbocycles. The summed E-state index contributed by atoms with van der Waals surface area (Å²) in [6.07, 6.45) is 7.01. The molecule has 2 aliphatic heterocycles. The molecule has 1 aromatic carbocycles. The van der Waals surface area contributed by atoms with Gasteiger partial charge in [-0.1, -0.05) is 31.4 Å². The second-order valence-corrected chi connectivity index (χ2v) is 7.38. The molecule has 2 heterocycles. The number of nitrogens with two attached hydrogens (primary N) is 2. The van der Waals surface area contributed by atoms with Gasteiger partial charge < -0.3 is 10.6 Å². The van der Waals surface area contributed by atoms with Crippen LogP contribution in [0.3, 0.4) is 0 Å². The molecule has 0 bridgehead atoms. The van der Waals surface area contributed by atoms with Gasteiger partial charge in [-0.3, -0.25) is 16.1 Å². The van der Waals surface area contributed by atoms with Gasteiger partial charge in [0, 0.05) is 43.5 Å². The highest BCUT2D eigenvalue weighted by molar-refractivity contribution is 5.79. The van der Waals surface area contributed by atoms with Crippen LogP contribution in [0.15, 0.2) is 29.3 Å². The highest BCUT2D eigenvalue weighted by atomic mass is 15.6. The van der Waals surface area contributed by atoms with E-state index >= 15 is 0 Å². The molecule has 1 atom stereocenters. The molecule has 0 radical (unpaired) electrons. The van der Waals surface area contributed by atoms with Crippen molar-refractivity contribution < 1.29 is 0 Å². The normalized spacial score (nSPS) is 28.7. The van der Waals surface area contributed by atoms with Gasteiger partial charge in [0.2, 0.25) is 11.7 Å². The van der Waals surface area contributed by atoms with Crippen LogP contribution in [0.4, 0.5) is 5.69 Å². The Bertz CT molecular complexity index is 615. The zero-order valence-electron chi connectivity index (χ0n) is 14.7. The van der Waals surface area contributed by atoms with Crippen molar-refractivity contribution in [3.8, 4) is 0 Å². The van der Waals surface area contributed by atoms with Crippen LogP contribution in [0.5, 0.6) is 0 Å². The number of rotatable bonds is 3. The van der Waals surface area contributed by atoms with Crippen molar-refractivity contribution in [3.05, 3.63) is 29.8 Å². The Hall–Kier alpha value is -1.83. The number of nitrogens with zero attached hydrogens (tertiary/aromatic N) is 3. The highest BCUT2D eigenvalue weighted by Crippen LogP contribution is 2.26. The number of aliphatic imine (C=N–C) groups is 1. The van der Waals surface area contributed by atoms with Gasteiger partial charge in [0.15, 0.2) is 0 Å². The number of hydrogen-bond acceptors (Lipinski definition) is 7. The van der Waals surface area contributed by atoms with Crippen molar-refractivity contribution in [1.29, 1.82) is 0 Å². The van der Waals surface area contributed by atoms with E-state index in [0.29, 0.717) is 5.96 Å². The highest BCUT2D eigenvalue weighted by Gasteiger charge is 2.31. The fourth-order valence-corrected chi connectivity index (χ4v) is 4.26. The number of anilines is 1. The zero-order chi connectivity index (χ0) is 17.3. The number of hydrogen-bond donors (Lipinski definition) is 4. The van der Waals surface area contributed by atoms with Gasteiger partial charge in [-0.15, -0.1) is 0 Å². The fourth-order valence-electron chi connectivity index (χ4n) is 4.26. The van der Waals surface area contributed by atoms with Gasteiger partial charge in [0.1, 0.15) is 0 Å². The van der Waals surface area contributed by atoms with Crippen molar-refractivity contribution in [2.45, 2.75) is 43.9 Å². The first kappa shape index (κ1) is 16.6. The number of benzene rings is 1. The van der Waals surface area contributed by atoms with Gasteiger partial charge in [-0.05, 0) is 25.0 Å². The Morgan fingerprint density at radius 1 is 1.00 bits per heavy atom. The molecular weight excluding hydrogens is 314 g/mol. The van der Waals surface area contributed by atoms with Crippen LogP contribution < -0.4 is 27.2 Å². The van der Waals surface area contributed by atoms with Crippen molar-refractivity contribution in [2.24, 2.45) is 16.5 Å². The molecule has 6 N–H and O–H groups in total. The lowest BCUT2D eigenvalue weighted by atomic mass is 9.94. The van der Waals surface area contributed by atoms with Gasteiger partial charge in [-0.2, -0.15) is 5.43 Å². The average molecular weight is 343 g/mol. The van der Waals surface area contributed by atoms with Gasteiger partial charge >= 0.3 is 0 Å². The van der Waals surface area contributed by atoms with Crippen molar-refractivity contribution in [1.82, 2.24) is 15.8 Å². The van der Waals surface area contributed by atoms with Crippen LogP contribution in [0.1, 0.15) is 37.7 Å². The van der Waals surface area contributed by atoms with E-state index in [9.17, 15) is 0 Å². The van der Waals surface area contributed by atoms with Crippen LogP contribution in [0, 0.1) is 0 Å². The minimum absolute atomic E-state index is 0.311. The minimum atomic E-state index is -0.984. The quantitative estimate of drug-likeness (QED) is 0.643. The molecule has 1 saturated heterocycles. The van der Waals surface area contributed by atoms with Crippen LogP contribution in [0.25, 0.3) is 0 Å². The molecule has 136 valence electrons. The Morgan fingerprint density at radius 3 is 2.28 bits per heavy atom. The molecular formula is C18H29N7. The molecule has 0 spiro atoms. The summed E-state index contributed by atoms with van der Waals surface area (Å²) in [4.78, 5) is 9.39. The SMILES string of the molecule is NC1=NC(N)(c2ccc(N3CCN(C4CCCCC4)CC3)cc2)NN1. The van der Waals surface area contributed by atoms with E-state index < -0.39 is 5.79 Å². The summed E-state index contributed by atoms with van der Waals surface area (Å²) in [5.41, 5.74) is 19.7. The first-order valence-electron chi connectivity index (χ1n) is 9.41. The summed E-state index contributed by atoms with van der Waals surface area (Å²) in [6, 6.07) is 9.14. The molecule has 1 saturated carbocycles. The van der Waals surface area contributed by atoms with Gasteiger partial charge in [0.25, 0.3) is 0 Å². The molecule has 0 aromatic heterocycles. The largest absolute Gasteiger partial charge is 0.369 e. The lowest BCUT2D eigenvalue weighted by Gasteiger charge is -2.41. The maximum Gasteiger partial charge on any atom is 0.209 e. The van der Waals surface area contributed by atoms with Crippen LogP contribution in [-0.4, -0.2) is 43.1 Å². The summed E-state index contributed by atoms with van der Waals surface area (Å²) in [7, 11) is 0. The Morgan fingerprint density at radius 2 is 1.68 bits per heavy atom. The Kier molecular flexibility index (Phi) is 4.54. The lowest BCUT2D eigenvalue weighted by Crippen LogP contribution is -2.51. The molecule has 1 unspecified atom stereocenters. The van der Waals surface area contributed by atoms with Crippen LogP contribution in [0.2, 0.25) is 0 Å². The first-order chi connectivity index (χ1) is 12.1. The Labute approximate surface area is 149 Å². The second kappa shape index (κ2) is 6.82. The van der Waals surface area contributed by atoms with Gasteiger partial charge in [-0.25, -0.2) is 4.99 Å². The van der Waals surface area contributed by atoms with Crippen molar-refractivity contribution in [2.75, 3.05) is 31.1 Å². The van der Waals surface area contributed by atoms with Crippen molar-refractivity contribution >= 4 is 11.6 Å². The van der Waals surface area contributed by atoms with E-state index in [1.807, 2.05) is 12.1 Å². The smallest absolute Gasteiger partial charge is 0.209 e. The van der Waals surface area contributed by atoms with Crippen molar-refractivity contribution in [3.63, 3.8) is 0 Å². The molecule has 7 heteroatoms. The third kappa shape index (κ3) is 3.44. The van der Waals surface area contributed by atoms with E-state index in [2.05, 4.69) is 37.8 Å². The topological polar surface area (TPSA) is 94.9 Å². The number of hydrazine groups is 1. The number of guanidine groups is 1. The van der Waals surface area contributed by atoms with Gasteiger partial charge in [0.05, 0.1) is 0 Å². The average Bonchev–Trinajstić information content (AvgIpc) is 3.03. The summed E-state index contributed by atoms with van der Waals surface area (Å²) < 4.78 is 0. The minimum Gasteiger partial charge on any atom is -0.369 e. The molecule has 7 nitrogen and oxygen atoms in total. The standard InChI is InChI=1S/C18H29N7/c19-17-21-18(20,23-22-17)14-6-8-16(9-7-14)25-12-10-24(11-13-25)15-4-2-1-3-5-15/h6-9,15,23H,1-5,10-13,20H2,(H3,19,21,22). The molecule has 4 rings (SSSR count). The maximum atomic E-state index is 6.24. The van der Waals surface area contributed by atoms with E-state index in [0.717, 1.165) is 24.7 Å². The molecule has 0 amide bonds. The van der Waals surface area contributed by atoms with E-state index in [1.54, 1.807) is 0 Å². The zero-order valence-corrected chi connectivity index (χ0v) is 14.7. The summed E-state index contributed by atoms with van der Waals surface area (Å²) >= 11 is 0. The van der Waals surface area contributed by atoms with Crippen LogP contribution >= 0.6 is 0 Å². The number of piperazine rings is 1. The second-order valence-electron chi connectivity index (χ2n) is 7.38. The predicted molar refractivity (Wildman–Crippen MR) is 101 cm³/mol. The lowest BCUT2D eigenvalue weighted by molar-refractivity contribution is 0.148. The van der Waals surface area contributed by atoms with E-state index in [-0.39, 0.29) is 0 Å². The van der Waals surface area contributed by atoms with Crippen LogP contribution in [-0.2, 0) is 5.79 Å². The third-order valence-electron chi connectivity index (χ3n) is 5.76. The third-order valence-corrected chi connectivity index (χ3v) is 5.76. The Balaban J connectivity index is 1.37. The maximum absolute atomic E-state index is 6.24. The van der Waals surface area contributed by atoms with E-state index in [4.69, 9.17) is 11.5 Å². The predicted octanol–water partition coefficient (Wildman–Crippen LogP) is 0.633. The summed E-state index contributed by atoms with van der Waals surface area (Å²) in [5, 5.41) is 0. The number of nitrogens with one attached hydrogen (secondary N) is 2. The monoisotopic (exact) mass is 343 g/mol. The molecule has 25 heavy (non-hydrogen) atoms. The fraction of sp³-hybridized carbons (Fsp3) is 0.611. The van der Waals surface area contributed by atoms with E-state index in [1.165, 1.54) is 50.9 Å². The molecule has 2 fully saturated rings.